The number of nitriles is 1. The lowest BCUT2D eigenvalue weighted by molar-refractivity contribution is 0.0220. The van der Waals surface area contributed by atoms with Crippen molar-refractivity contribution >= 4 is 5.97 Å². The summed E-state index contributed by atoms with van der Waals surface area (Å²) in [5, 5.41) is 8.84. The van der Waals surface area contributed by atoms with Gasteiger partial charge in [-0.2, -0.15) is 5.26 Å². The van der Waals surface area contributed by atoms with Crippen LogP contribution in [0.15, 0.2) is 35.1 Å². The maximum absolute atomic E-state index is 12.1. The second kappa shape index (κ2) is 7.45. The van der Waals surface area contributed by atoms with Crippen molar-refractivity contribution in [1.82, 2.24) is 4.98 Å². The van der Waals surface area contributed by atoms with Gasteiger partial charge in [0.05, 0.1) is 11.6 Å². The summed E-state index contributed by atoms with van der Waals surface area (Å²) in [5.74, 6) is 0.561. The Labute approximate surface area is 134 Å². The zero-order valence-electron chi connectivity index (χ0n) is 13.3. The molecule has 0 fully saturated rings. The first-order valence-corrected chi connectivity index (χ1v) is 7.28. The molecule has 0 N–H and O–H groups in total. The number of hydrogen-bond acceptors (Lipinski definition) is 6. The topological polar surface area (TPSA) is 85.3 Å². The Bertz CT molecular complexity index is 715. The number of esters is 1. The van der Waals surface area contributed by atoms with Crippen molar-refractivity contribution in [2.24, 2.45) is 0 Å². The fourth-order valence-corrected chi connectivity index (χ4v) is 1.96. The molecule has 0 amide bonds. The summed E-state index contributed by atoms with van der Waals surface area (Å²) in [4.78, 5) is 16.0. The average molecular weight is 314 g/mol. The van der Waals surface area contributed by atoms with E-state index in [1.54, 1.807) is 31.2 Å². The lowest BCUT2D eigenvalue weighted by atomic mass is 10.1. The van der Waals surface area contributed by atoms with Crippen molar-refractivity contribution in [1.29, 1.82) is 5.26 Å². The first kappa shape index (κ1) is 16.6. The summed E-state index contributed by atoms with van der Waals surface area (Å²) in [7, 11) is 0. The normalized spacial score (nSPS) is 11.8. The molecule has 2 aromatic rings. The lowest BCUT2D eigenvalue weighted by Gasteiger charge is -2.14. The van der Waals surface area contributed by atoms with E-state index in [1.807, 2.05) is 19.9 Å². The van der Waals surface area contributed by atoms with Crippen LogP contribution in [0.4, 0.5) is 0 Å². The maximum atomic E-state index is 12.1. The highest BCUT2D eigenvalue weighted by molar-refractivity contribution is 5.88. The van der Waals surface area contributed by atoms with E-state index in [0.29, 0.717) is 17.1 Å². The van der Waals surface area contributed by atoms with Gasteiger partial charge in [0.2, 0.25) is 0 Å². The Balaban J connectivity index is 1.91. The molecule has 0 bridgehead atoms. The third kappa shape index (κ3) is 4.33. The molecule has 0 aliphatic rings. The van der Waals surface area contributed by atoms with E-state index in [4.69, 9.17) is 19.2 Å². The van der Waals surface area contributed by atoms with Crippen molar-refractivity contribution < 1.29 is 18.7 Å². The number of carbonyl (C=O) groups excluding carboxylic acids is 1. The van der Waals surface area contributed by atoms with Gasteiger partial charge in [0, 0.05) is 5.92 Å². The van der Waals surface area contributed by atoms with Crippen molar-refractivity contribution in [3.63, 3.8) is 0 Å². The molecule has 6 heteroatoms. The number of aromatic nitrogens is 1. The third-order valence-electron chi connectivity index (χ3n) is 3.07. The zero-order valence-corrected chi connectivity index (χ0v) is 13.3. The van der Waals surface area contributed by atoms with Gasteiger partial charge in [0.25, 0.3) is 0 Å². The molecule has 2 rings (SSSR count). The molecule has 0 saturated heterocycles. The van der Waals surface area contributed by atoms with E-state index in [0.717, 1.165) is 0 Å². The van der Waals surface area contributed by atoms with Crippen LogP contribution in [0.2, 0.25) is 0 Å². The zero-order chi connectivity index (χ0) is 16.8. The Morgan fingerprint density at radius 3 is 2.87 bits per heavy atom. The predicted molar refractivity (Wildman–Crippen MR) is 82.1 cm³/mol. The van der Waals surface area contributed by atoms with Crippen LogP contribution in [-0.2, 0) is 4.74 Å². The van der Waals surface area contributed by atoms with Crippen LogP contribution in [0.25, 0.3) is 0 Å². The standard InChI is InChI=1S/C17H18N2O4/c1-11(2)16-15(19-10-22-16)17(20)23-12(3)9-21-14-6-4-5-13(7-14)8-18/h4-7,10-12H,9H2,1-3H3/t12-/m0/s1. The second-order valence-electron chi connectivity index (χ2n) is 5.39. The van der Waals surface area contributed by atoms with Gasteiger partial charge >= 0.3 is 5.97 Å². The summed E-state index contributed by atoms with van der Waals surface area (Å²) in [6, 6.07) is 8.83. The van der Waals surface area contributed by atoms with E-state index in [9.17, 15) is 4.79 Å². The van der Waals surface area contributed by atoms with Crippen LogP contribution < -0.4 is 4.74 Å². The van der Waals surface area contributed by atoms with Crippen LogP contribution >= 0.6 is 0 Å². The molecule has 0 unspecified atom stereocenters. The van der Waals surface area contributed by atoms with Gasteiger partial charge in [-0.1, -0.05) is 19.9 Å². The average Bonchev–Trinajstić information content (AvgIpc) is 3.03. The second-order valence-corrected chi connectivity index (χ2v) is 5.39. The highest BCUT2D eigenvalue weighted by atomic mass is 16.6. The summed E-state index contributed by atoms with van der Waals surface area (Å²) in [6.45, 7) is 5.72. The Morgan fingerprint density at radius 2 is 2.17 bits per heavy atom. The van der Waals surface area contributed by atoms with Crippen LogP contribution in [0.3, 0.4) is 0 Å². The fourth-order valence-electron chi connectivity index (χ4n) is 1.96. The monoisotopic (exact) mass is 314 g/mol. The van der Waals surface area contributed by atoms with Gasteiger partial charge in [-0.05, 0) is 25.1 Å². The lowest BCUT2D eigenvalue weighted by Crippen LogP contribution is -2.23. The van der Waals surface area contributed by atoms with Crippen LogP contribution in [0.1, 0.15) is 48.5 Å². The number of hydrogen-bond donors (Lipinski definition) is 0. The van der Waals surface area contributed by atoms with E-state index in [-0.39, 0.29) is 18.2 Å². The first-order valence-electron chi connectivity index (χ1n) is 7.28. The summed E-state index contributed by atoms with van der Waals surface area (Å²) >= 11 is 0. The number of rotatable bonds is 6. The third-order valence-corrected chi connectivity index (χ3v) is 3.07. The Kier molecular flexibility index (Phi) is 5.36. The van der Waals surface area contributed by atoms with Gasteiger partial charge in [-0.15, -0.1) is 0 Å². The smallest absolute Gasteiger partial charge is 0.361 e. The Morgan fingerprint density at radius 1 is 1.39 bits per heavy atom. The van der Waals surface area contributed by atoms with Crippen LogP contribution in [0, 0.1) is 11.3 Å². The molecule has 1 aromatic carbocycles. The molecule has 1 atom stereocenters. The molecule has 0 spiro atoms. The number of benzene rings is 1. The van der Waals surface area contributed by atoms with Crippen molar-refractivity contribution in [3.05, 3.63) is 47.7 Å². The van der Waals surface area contributed by atoms with Gasteiger partial charge in [0.1, 0.15) is 24.2 Å². The van der Waals surface area contributed by atoms with Crippen LogP contribution in [-0.4, -0.2) is 23.7 Å². The Hall–Kier alpha value is -2.81. The molecule has 0 aliphatic carbocycles. The number of oxazole rings is 1. The first-order chi connectivity index (χ1) is 11.0. The molecule has 1 heterocycles. The van der Waals surface area contributed by atoms with Gasteiger partial charge in [0.15, 0.2) is 12.1 Å². The minimum atomic E-state index is -0.538. The molecule has 0 radical (unpaired) electrons. The van der Waals surface area contributed by atoms with Gasteiger partial charge in [-0.25, -0.2) is 9.78 Å². The number of nitrogens with zero attached hydrogens (tertiary/aromatic N) is 2. The predicted octanol–water partition coefficient (Wildman–Crippen LogP) is 3.29. The summed E-state index contributed by atoms with van der Waals surface area (Å²) in [5.41, 5.74) is 0.703. The molecule has 23 heavy (non-hydrogen) atoms. The molecule has 6 nitrogen and oxygen atoms in total. The summed E-state index contributed by atoms with van der Waals surface area (Å²) in [6.07, 6.45) is 0.769. The molecule has 0 aliphatic heterocycles. The molecular formula is C17H18N2O4. The van der Waals surface area contributed by atoms with E-state index in [2.05, 4.69) is 4.98 Å². The van der Waals surface area contributed by atoms with Crippen molar-refractivity contribution in [3.8, 4) is 11.8 Å². The highest BCUT2D eigenvalue weighted by Gasteiger charge is 2.22. The molecule has 1 aromatic heterocycles. The number of carbonyl (C=O) groups is 1. The quantitative estimate of drug-likeness (QED) is 0.760. The fraction of sp³-hybridized carbons (Fsp3) is 0.353. The van der Waals surface area contributed by atoms with E-state index >= 15 is 0 Å². The molecule has 0 saturated carbocycles. The summed E-state index contributed by atoms with van der Waals surface area (Å²) < 4.78 is 16.1. The molecule has 120 valence electrons. The minimum Gasteiger partial charge on any atom is -0.490 e. The van der Waals surface area contributed by atoms with Crippen molar-refractivity contribution in [2.45, 2.75) is 32.8 Å². The SMILES string of the molecule is CC(C)c1ocnc1C(=O)O[C@@H](C)COc1cccc(C#N)c1. The minimum absolute atomic E-state index is 0.0420. The highest BCUT2D eigenvalue weighted by Crippen LogP contribution is 2.19. The van der Waals surface area contributed by atoms with Crippen molar-refractivity contribution in [2.75, 3.05) is 6.61 Å². The van der Waals surface area contributed by atoms with E-state index < -0.39 is 12.1 Å². The van der Waals surface area contributed by atoms with Gasteiger partial charge < -0.3 is 13.9 Å². The van der Waals surface area contributed by atoms with E-state index in [1.165, 1.54) is 6.39 Å². The maximum Gasteiger partial charge on any atom is 0.361 e. The van der Waals surface area contributed by atoms with Crippen LogP contribution in [0.5, 0.6) is 5.75 Å². The number of ether oxygens (including phenoxy) is 2. The van der Waals surface area contributed by atoms with Gasteiger partial charge in [-0.3, -0.25) is 0 Å². The largest absolute Gasteiger partial charge is 0.490 e. The molecular weight excluding hydrogens is 296 g/mol.